The van der Waals surface area contributed by atoms with Crippen LogP contribution in [0.4, 0.5) is 10.5 Å². The zero-order valence-electron chi connectivity index (χ0n) is 19.9. The van der Waals surface area contributed by atoms with E-state index in [9.17, 15) is 28.8 Å². The zero-order chi connectivity index (χ0) is 26.1. The molecule has 1 saturated heterocycles. The monoisotopic (exact) mass is 489 g/mol. The van der Waals surface area contributed by atoms with Gasteiger partial charge < -0.3 is 14.2 Å². The number of hydrogen-bond donors (Lipinski definition) is 1. The van der Waals surface area contributed by atoms with Crippen molar-refractivity contribution >= 4 is 41.4 Å². The molecule has 12 nitrogen and oxygen atoms in total. The predicted octanol–water partition coefficient (Wildman–Crippen LogP) is 1.74. The minimum atomic E-state index is -1.40. The first-order valence-corrected chi connectivity index (χ1v) is 10.9. The van der Waals surface area contributed by atoms with Crippen molar-refractivity contribution in [1.29, 1.82) is 0 Å². The number of imide groups is 1. The molecule has 0 aliphatic carbocycles. The summed E-state index contributed by atoms with van der Waals surface area (Å²) in [6, 6.07) is 2.27. The number of carbonyl (C=O) groups is 6. The van der Waals surface area contributed by atoms with E-state index >= 15 is 0 Å². The largest absolute Gasteiger partial charge is 0.462 e. The van der Waals surface area contributed by atoms with E-state index in [4.69, 9.17) is 14.2 Å². The Balaban J connectivity index is 2.50. The average Bonchev–Trinajstić information content (AvgIpc) is 3.11. The average molecular weight is 489 g/mol. The number of ether oxygens (including phenoxy) is 3. The van der Waals surface area contributed by atoms with E-state index < -0.39 is 48.2 Å². The molecule has 0 saturated carbocycles. The first-order chi connectivity index (χ1) is 16.7. The fourth-order valence-corrected chi connectivity index (χ4v) is 3.26. The van der Waals surface area contributed by atoms with Crippen molar-refractivity contribution in [3.8, 4) is 0 Å². The normalized spacial score (nSPS) is 15.2. The molecule has 1 atom stereocenters. The van der Waals surface area contributed by atoms with Gasteiger partial charge in [0.15, 0.2) is 0 Å². The number of hydrogen-bond acceptors (Lipinski definition) is 9. The number of nitrogens with one attached hydrogen (secondary N) is 1. The van der Waals surface area contributed by atoms with Crippen LogP contribution >= 0.6 is 0 Å². The SMILES string of the molecule is CC=CC(=O)N(NC(=O)OCC)C1CC(=O)N(c2cc(C(=O)OCC)cc(C(=O)OCC)c2)C1=O. The van der Waals surface area contributed by atoms with Crippen LogP contribution in [0.25, 0.3) is 0 Å². The number of hydrazine groups is 1. The van der Waals surface area contributed by atoms with Gasteiger partial charge in [0.25, 0.3) is 11.8 Å². The molecule has 1 N–H and O–H groups in total. The molecule has 1 heterocycles. The number of carbonyl (C=O) groups excluding carboxylic acids is 6. The van der Waals surface area contributed by atoms with Gasteiger partial charge in [-0.15, -0.1) is 0 Å². The van der Waals surface area contributed by atoms with Crippen LogP contribution in [0.5, 0.6) is 0 Å². The van der Waals surface area contributed by atoms with Crippen molar-refractivity contribution in [1.82, 2.24) is 10.4 Å². The van der Waals surface area contributed by atoms with Crippen molar-refractivity contribution < 1.29 is 43.0 Å². The van der Waals surface area contributed by atoms with Gasteiger partial charge >= 0.3 is 18.0 Å². The third kappa shape index (κ3) is 6.43. The lowest BCUT2D eigenvalue weighted by molar-refractivity contribution is -0.137. The number of nitrogens with zero attached hydrogens (tertiary/aromatic N) is 2. The van der Waals surface area contributed by atoms with Crippen molar-refractivity contribution in [2.45, 2.75) is 40.2 Å². The standard InChI is InChI=1S/C23H27N3O9/c1-5-9-18(27)26(24-23(32)35-8-4)17-13-19(28)25(20(17)29)16-11-14(21(30)33-6-2)10-15(12-16)22(31)34-7-3/h5,9-12,17H,6-8,13H2,1-4H3,(H,24,32). The number of allylic oxidation sites excluding steroid dienone is 1. The molecule has 1 aromatic rings. The second kappa shape index (κ2) is 12.3. The molecule has 1 aliphatic rings. The summed E-state index contributed by atoms with van der Waals surface area (Å²) in [6.45, 7) is 6.44. The van der Waals surface area contributed by atoms with Crippen LogP contribution in [0.2, 0.25) is 0 Å². The minimum absolute atomic E-state index is 0.0123. The molecule has 1 fully saturated rings. The predicted molar refractivity (Wildman–Crippen MR) is 121 cm³/mol. The number of esters is 2. The third-order valence-corrected chi connectivity index (χ3v) is 4.67. The van der Waals surface area contributed by atoms with Gasteiger partial charge in [-0.2, -0.15) is 0 Å². The molecule has 2 rings (SSSR count). The lowest BCUT2D eigenvalue weighted by Crippen LogP contribution is -2.54. The molecule has 0 radical (unpaired) electrons. The molecule has 1 unspecified atom stereocenters. The van der Waals surface area contributed by atoms with E-state index in [1.165, 1.54) is 24.3 Å². The summed E-state index contributed by atoms with van der Waals surface area (Å²) in [5.74, 6) is -3.89. The second-order valence-corrected chi connectivity index (χ2v) is 7.04. The summed E-state index contributed by atoms with van der Waals surface area (Å²) < 4.78 is 14.7. The fourth-order valence-electron chi connectivity index (χ4n) is 3.26. The Hall–Kier alpha value is -4.22. The number of anilines is 1. The lowest BCUT2D eigenvalue weighted by Gasteiger charge is -2.26. The summed E-state index contributed by atoms with van der Waals surface area (Å²) in [4.78, 5) is 76.1. The third-order valence-electron chi connectivity index (χ3n) is 4.67. The molecule has 0 bridgehead atoms. The van der Waals surface area contributed by atoms with E-state index in [2.05, 4.69) is 5.43 Å². The summed E-state index contributed by atoms with van der Waals surface area (Å²) in [6.07, 6.45) is 1.05. The van der Waals surface area contributed by atoms with Gasteiger partial charge in [0.2, 0.25) is 5.91 Å². The molecule has 35 heavy (non-hydrogen) atoms. The topological polar surface area (TPSA) is 149 Å². The summed E-state index contributed by atoms with van der Waals surface area (Å²) >= 11 is 0. The Morgan fingerprint density at radius 2 is 1.51 bits per heavy atom. The molecule has 188 valence electrons. The fraction of sp³-hybridized carbons (Fsp3) is 0.391. The molecule has 1 aromatic carbocycles. The van der Waals surface area contributed by atoms with E-state index in [-0.39, 0.29) is 36.6 Å². The van der Waals surface area contributed by atoms with Crippen LogP contribution in [-0.2, 0) is 28.6 Å². The van der Waals surface area contributed by atoms with Crippen LogP contribution in [0, 0.1) is 0 Å². The summed E-state index contributed by atoms with van der Waals surface area (Å²) in [5, 5.41) is 0.708. The van der Waals surface area contributed by atoms with Gasteiger partial charge in [0, 0.05) is 6.08 Å². The van der Waals surface area contributed by atoms with Crippen molar-refractivity contribution in [2.24, 2.45) is 0 Å². The highest BCUT2D eigenvalue weighted by Gasteiger charge is 2.45. The molecule has 1 aliphatic heterocycles. The Bertz CT molecular complexity index is 1010. The van der Waals surface area contributed by atoms with Gasteiger partial charge in [-0.05, 0) is 45.9 Å². The summed E-state index contributed by atoms with van der Waals surface area (Å²) in [5.41, 5.74) is 1.93. The van der Waals surface area contributed by atoms with Crippen LogP contribution < -0.4 is 10.3 Å². The zero-order valence-corrected chi connectivity index (χ0v) is 19.9. The quantitative estimate of drug-likeness (QED) is 0.189. The maximum atomic E-state index is 13.3. The molecule has 0 aromatic heterocycles. The summed E-state index contributed by atoms with van der Waals surface area (Å²) in [7, 11) is 0. The maximum absolute atomic E-state index is 13.3. The smallest absolute Gasteiger partial charge is 0.426 e. The van der Waals surface area contributed by atoms with Crippen molar-refractivity contribution in [2.75, 3.05) is 24.7 Å². The van der Waals surface area contributed by atoms with Crippen LogP contribution in [0.15, 0.2) is 30.4 Å². The van der Waals surface area contributed by atoms with Gasteiger partial charge in [-0.25, -0.2) is 29.7 Å². The van der Waals surface area contributed by atoms with Crippen molar-refractivity contribution in [3.63, 3.8) is 0 Å². The highest BCUT2D eigenvalue weighted by atomic mass is 16.6. The van der Waals surface area contributed by atoms with Gasteiger partial charge in [0.05, 0.1) is 43.1 Å². The first kappa shape index (κ1) is 27.0. The minimum Gasteiger partial charge on any atom is -0.462 e. The molecule has 4 amide bonds. The first-order valence-electron chi connectivity index (χ1n) is 10.9. The number of benzene rings is 1. The van der Waals surface area contributed by atoms with Crippen molar-refractivity contribution in [3.05, 3.63) is 41.5 Å². The number of rotatable bonds is 8. The van der Waals surface area contributed by atoms with Crippen LogP contribution in [-0.4, -0.2) is 66.6 Å². The van der Waals surface area contributed by atoms with Gasteiger partial charge in [-0.1, -0.05) is 6.08 Å². The molecular formula is C23H27N3O9. The van der Waals surface area contributed by atoms with E-state index in [0.717, 1.165) is 11.0 Å². The lowest BCUT2D eigenvalue weighted by atomic mass is 10.1. The number of amides is 4. The highest BCUT2D eigenvalue weighted by molar-refractivity contribution is 6.23. The maximum Gasteiger partial charge on any atom is 0.426 e. The Labute approximate surface area is 201 Å². The van der Waals surface area contributed by atoms with Crippen LogP contribution in [0.3, 0.4) is 0 Å². The van der Waals surface area contributed by atoms with E-state index in [1.807, 2.05) is 0 Å². The molecule has 12 heteroatoms. The van der Waals surface area contributed by atoms with E-state index in [0.29, 0.717) is 5.01 Å². The van der Waals surface area contributed by atoms with E-state index in [1.54, 1.807) is 27.7 Å². The van der Waals surface area contributed by atoms with Gasteiger partial charge in [0.1, 0.15) is 6.04 Å². The highest BCUT2D eigenvalue weighted by Crippen LogP contribution is 2.28. The Morgan fingerprint density at radius 3 is 2.00 bits per heavy atom. The van der Waals surface area contributed by atoms with Gasteiger partial charge in [-0.3, -0.25) is 14.4 Å². The molecule has 0 spiro atoms. The second-order valence-electron chi connectivity index (χ2n) is 7.04. The Morgan fingerprint density at radius 1 is 0.971 bits per heavy atom. The van der Waals surface area contributed by atoms with Crippen LogP contribution in [0.1, 0.15) is 54.8 Å². The molecular weight excluding hydrogens is 462 g/mol. The Kier molecular flexibility index (Phi) is 9.50.